The largest absolute Gasteiger partial charge is 0.451 e. The third kappa shape index (κ3) is 2.91. The number of benzene rings is 2. The summed E-state index contributed by atoms with van der Waals surface area (Å²) < 4.78 is 18.7. The summed E-state index contributed by atoms with van der Waals surface area (Å²) in [6.45, 7) is 3.75. The standard InChI is InChI=1S/C19H17FO2S/c1-19(2)17(13-6-10-15(23-3)11-7-13)16(18(21)22-19)12-4-8-14(20)9-5-12/h4-11H,1-3H3. The van der Waals surface area contributed by atoms with Crippen molar-refractivity contribution in [3.63, 3.8) is 0 Å². The maximum absolute atomic E-state index is 13.2. The van der Waals surface area contributed by atoms with Gasteiger partial charge in [-0.3, -0.25) is 0 Å². The SMILES string of the molecule is CSc1ccc(C2=C(c3ccc(F)cc3)C(=O)OC2(C)C)cc1. The highest BCUT2D eigenvalue weighted by atomic mass is 32.2. The molecule has 0 atom stereocenters. The molecule has 0 bridgehead atoms. The van der Waals surface area contributed by atoms with Gasteiger partial charge in [-0.25, -0.2) is 9.18 Å². The van der Waals surface area contributed by atoms with E-state index in [1.165, 1.54) is 12.1 Å². The second-order valence-corrected chi connectivity index (χ2v) is 6.76. The molecule has 1 aliphatic rings. The summed E-state index contributed by atoms with van der Waals surface area (Å²) in [6, 6.07) is 14.0. The minimum absolute atomic E-state index is 0.328. The average molecular weight is 328 g/mol. The quantitative estimate of drug-likeness (QED) is 0.598. The molecular weight excluding hydrogens is 311 g/mol. The maximum atomic E-state index is 13.2. The third-order valence-electron chi connectivity index (χ3n) is 3.92. The summed E-state index contributed by atoms with van der Waals surface area (Å²) in [4.78, 5) is 13.6. The Kier molecular flexibility index (Phi) is 4.02. The van der Waals surface area contributed by atoms with Gasteiger partial charge in [-0.15, -0.1) is 11.8 Å². The lowest BCUT2D eigenvalue weighted by Crippen LogP contribution is -2.22. The molecule has 1 aliphatic heterocycles. The fraction of sp³-hybridized carbons (Fsp3) is 0.211. The van der Waals surface area contributed by atoms with E-state index in [-0.39, 0.29) is 11.8 Å². The number of thioether (sulfide) groups is 1. The highest BCUT2D eigenvalue weighted by Crippen LogP contribution is 2.43. The van der Waals surface area contributed by atoms with Crippen LogP contribution in [0, 0.1) is 5.82 Å². The molecule has 0 saturated carbocycles. The van der Waals surface area contributed by atoms with Gasteiger partial charge < -0.3 is 4.74 Å². The lowest BCUT2D eigenvalue weighted by molar-refractivity contribution is -0.141. The van der Waals surface area contributed by atoms with E-state index in [1.807, 2.05) is 44.4 Å². The molecule has 3 rings (SSSR count). The molecule has 118 valence electrons. The van der Waals surface area contributed by atoms with Gasteiger partial charge in [0.1, 0.15) is 11.4 Å². The maximum Gasteiger partial charge on any atom is 0.340 e. The molecule has 0 saturated heterocycles. The van der Waals surface area contributed by atoms with Gasteiger partial charge >= 0.3 is 5.97 Å². The van der Waals surface area contributed by atoms with Crippen molar-refractivity contribution in [2.24, 2.45) is 0 Å². The number of rotatable bonds is 3. The van der Waals surface area contributed by atoms with E-state index >= 15 is 0 Å². The molecule has 2 aromatic carbocycles. The Morgan fingerprint density at radius 2 is 1.52 bits per heavy atom. The van der Waals surface area contributed by atoms with Crippen LogP contribution in [-0.2, 0) is 9.53 Å². The van der Waals surface area contributed by atoms with E-state index in [2.05, 4.69) is 0 Å². The van der Waals surface area contributed by atoms with Crippen molar-refractivity contribution >= 4 is 28.9 Å². The molecule has 2 aromatic rings. The molecule has 0 aliphatic carbocycles. The molecule has 0 radical (unpaired) electrons. The van der Waals surface area contributed by atoms with Crippen LogP contribution in [-0.4, -0.2) is 17.8 Å². The molecular formula is C19H17FO2S. The van der Waals surface area contributed by atoms with Gasteiger partial charge in [0.25, 0.3) is 0 Å². The van der Waals surface area contributed by atoms with Crippen molar-refractivity contribution in [1.82, 2.24) is 0 Å². The summed E-state index contributed by atoms with van der Waals surface area (Å²) in [5.74, 6) is -0.698. The first-order chi connectivity index (χ1) is 10.9. The van der Waals surface area contributed by atoms with Crippen LogP contribution in [0.1, 0.15) is 25.0 Å². The van der Waals surface area contributed by atoms with E-state index in [1.54, 1.807) is 23.9 Å². The van der Waals surface area contributed by atoms with Crippen LogP contribution in [0.5, 0.6) is 0 Å². The molecule has 0 fully saturated rings. The average Bonchev–Trinajstić information content (AvgIpc) is 2.77. The van der Waals surface area contributed by atoms with Crippen LogP contribution in [0.2, 0.25) is 0 Å². The van der Waals surface area contributed by atoms with Crippen molar-refractivity contribution < 1.29 is 13.9 Å². The number of ether oxygens (including phenoxy) is 1. The summed E-state index contributed by atoms with van der Waals surface area (Å²) in [5.41, 5.74) is 2.24. The second-order valence-electron chi connectivity index (χ2n) is 5.89. The van der Waals surface area contributed by atoms with Crippen LogP contribution in [0.15, 0.2) is 53.4 Å². The highest BCUT2D eigenvalue weighted by Gasteiger charge is 2.41. The number of halogens is 1. The summed E-state index contributed by atoms with van der Waals surface area (Å²) >= 11 is 1.66. The fourth-order valence-electron chi connectivity index (χ4n) is 2.87. The predicted molar refractivity (Wildman–Crippen MR) is 91.6 cm³/mol. The lowest BCUT2D eigenvalue weighted by Gasteiger charge is -2.21. The van der Waals surface area contributed by atoms with Crippen molar-refractivity contribution in [3.05, 3.63) is 65.5 Å². The van der Waals surface area contributed by atoms with Gasteiger partial charge in [0.05, 0.1) is 5.57 Å². The Labute approximate surface area is 139 Å². The van der Waals surface area contributed by atoms with Gasteiger partial charge in [0.2, 0.25) is 0 Å². The van der Waals surface area contributed by atoms with E-state index in [4.69, 9.17) is 4.74 Å². The van der Waals surface area contributed by atoms with Crippen LogP contribution >= 0.6 is 11.8 Å². The fourth-order valence-corrected chi connectivity index (χ4v) is 3.27. The first-order valence-corrected chi connectivity index (χ1v) is 8.53. The summed E-state index contributed by atoms with van der Waals surface area (Å²) in [7, 11) is 0. The van der Waals surface area contributed by atoms with E-state index in [0.717, 1.165) is 16.0 Å². The van der Waals surface area contributed by atoms with Gasteiger partial charge in [-0.05, 0) is 55.5 Å². The molecule has 0 N–H and O–H groups in total. The van der Waals surface area contributed by atoms with Crippen LogP contribution < -0.4 is 0 Å². The van der Waals surface area contributed by atoms with E-state index < -0.39 is 5.60 Å². The molecule has 0 spiro atoms. The van der Waals surface area contributed by atoms with E-state index in [0.29, 0.717) is 11.1 Å². The number of hydrogen-bond acceptors (Lipinski definition) is 3. The van der Waals surface area contributed by atoms with Gasteiger partial charge in [0, 0.05) is 10.5 Å². The topological polar surface area (TPSA) is 26.3 Å². The van der Waals surface area contributed by atoms with Gasteiger partial charge in [0.15, 0.2) is 0 Å². The third-order valence-corrected chi connectivity index (χ3v) is 4.66. The Morgan fingerprint density at radius 1 is 0.957 bits per heavy atom. The Balaban J connectivity index is 2.19. The van der Waals surface area contributed by atoms with Crippen molar-refractivity contribution in [3.8, 4) is 0 Å². The van der Waals surface area contributed by atoms with Gasteiger partial charge in [-0.2, -0.15) is 0 Å². The lowest BCUT2D eigenvalue weighted by atomic mass is 9.87. The Morgan fingerprint density at radius 3 is 2.09 bits per heavy atom. The zero-order chi connectivity index (χ0) is 16.6. The second kappa shape index (κ2) is 5.85. The summed E-state index contributed by atoms with van der Waals surface area (Å²) in [6.07, 6.45) is 2.02. The van der Waals surface area contributed by atoms with Gasteiger partial charge in [-0.1, -0.05) is 24.3 Å². The molecule has 0 unspecified atom stereocenters. The molecule has 1 heterocycles. The number of cyclic esters (lactones) is 1. The van der Waals surface area contributed by atoms with Crippen LogP contribution in [0.3, 0.4) is 0 Å². The first-order valence-electron chi connectivity index (χ1n) is 7.31. The van der Waals surface area contributed by atoms with Crippen molar-refractivity contribution in [2.45, 2.75) is 24.3 Å². The molecule has 2 nitrogen and oxygen atoms in total. The van der Waals surface area contributed by atoms with E-state index in [9.17, 15) is 9.18 Å². The zero-order valence-corrected chi connectivity index (χ0v) is 14.0. The number of esters is 1. The van der Waals surface area contributed by atoms with Crippen molar-refractivity contribution in [1.29, 1.82) is 0 Å². The predicted octanol–water partition coefficient (Wildman–Crippen LogP) is 4.79. The Hall–Kier alpha value is -2.07. The van der Waals surface area contributed by atoms with Crippen LogP contribution in [0.25, 0.3) is 11.1 Å². The normalized spacial score (nSPS) is 16.6. The monoisotopic (exact) mass is 328 g/mol. The first kappa shape index (κ1) is 15.8. The number of carbonyl (C=O) groups is 1. The molecule has 23 heavy (non-hydrogen) atoms. The summed E-state index contributed by atoms with van der Waals surface area (Å²) in [5, 5.41) is 0. The smallest absolute Gasteiger partial charge is 0.340 e. The zero-order valence-electron chi connectivity index (χ0n) is 13.2. The minimum atomic E-state index is -0.721. The van der Waals surface area contributed by atoms with Crippen LogP contribution in [0.4, 0.5) is 4.39 Å². The minimum Gasteiger partial charge on any atom is -0.451 e. The van der Waals surface area contributed by atoms with Crippen molar-refractivity contribution in [2.75, 3.05) is 6.26 Å². The molecule has 0 amide bonds. The number of hydrogen-bond donors (Lipinski definition) is 0. The molecule has 4 heteroatoms. The Bertz CT molecular complexity index is 774. The number of carbonyl (C=O) groups excluding carboxylic acids is 1. The highest BCUT2D eigenvalue weighted by molar-refractivity contribution is 7.98. The molecule has 0 aromatic heterocycles.